The number of hydrogen-bond acceptors (Lipinski definition) is 3. The highest BCUT2D eigenvalue weighted by Gasteiger charge is 2.23. The molecule has 2 rings (SSSR count). The van der Waals surface area contributed by atoms with Crippen LogP contribution in [-0.4, -0.2) is 60.1 Å². The van der Waals surface area contributed by atoms with Crippen molar-refractivity contribution in [1.29, 1.82) is 0 Å². The number of aryl methyl sites for hydroxylation is 3. The number of likely N-dealkylation sites (tertiary alicyclic amines) is 1. The van der Waals surface area contributed by atoms with Crippen molar-refractivity contribution in [2.24, 2.45) is 0 Å². The van der Waals surface area contributed by atoms with Gasteiger partial charge in [0.1, 0.15) is 0 Å². The largest absolute Gasteiger partial charge is 0.396 e. The molecular weight excluding hydrogens is 312 g/mol. The Morgan fingerprint density at radius 2 is 1.84 bits per heavy atom. The first-order valence-corrected chi connectivity index (χ1v) is 9.28. The first-order chi connectivity index (χ1) is 11.9. The number of hydrogen-bond donors (Lipinski definition) is 1. The van der Waals surface area contributed by atoms with E-state index in [2.05, 4.69) is 44.9 Å². The second kappa shape index (κ2) is 9.16. The lowest BCUT2D eigenvalue weighted by atomic mass is 10.0. The van der Waals surface area contributed by atoms with Crippen LogP contribution in [0.15, 0.2) is 18.2 Å². The van der Waals surface area contributed by atoms with Gasteiger partial charge in [0.2, 0.25) is 5.91 Å². The third-order valence-electron chi connectivity index (χ3n) is 5.36. The van der Waals surface area contributed by atoms with Crippen molar-refractivity contribution < 1.29 is 9.90 Å². The van der Waals surface area contributed by atoms with Gasteiger partial charge in [-0.25, -0.2) is 0 Å². The van der Waals surface area contributed by atoms with E-state index >= 15 is 0 Å². The average molecular weight is 344 g/mol. The second-order valence-electron chi connectivity index (χ2n) is 7.24. The molecule has 1 aromatic carbocycles. The van der Waals surface area contributed by atoms with Crippen LogP contribution in [-0.2, 0) is 4.79 Å². The number of rotatable bonds is 6. The van der Waals surface area contributed by atoms with Crippen molar-refractivity contribution in [1.82, 2.24) is 9.80 Å². The van der Waals surface area contributed by atoms with Crippen molar-refractivity contribution in [2.45, 2.75) is 46.1 Å². The molecule has 0 bridgehead atoms. The Balaban J connectivity index is 1.89. The Kier molecular flexibility index (Phi) is 7.21. The quantitative estimate of drug-likeness (QED) is 0.807. The second-order valence-corrected chi connectivity index (χ2v) is 7.24. The molecular formula is C21H32N2O2. The number of piperidine rings is 1. The van der Waals surface area contributed by atoms with Crippen LogP contribution in [0.25, 0.3) is 6.08 Å². The lowest BCUT2D eigenvalue weighted by Crippen LogP contribution is -2.45. The Morgan fingerprint density at radius 1 is 1.20 bits per heavy atom. The fourth-order valence-corrected chi connectivity index (χ4v) is 3.46. The topological polar surface area (TPSA) is 43.8 Å². The van der Waals surface area contributed by atoms with E-state index < -0.39 is 0 Å². The molecule has 0 radical (unpaired) electrons. The van der Waals surface area contributed by atoms with E-state index in [-0.39, 0.29) is 12.5 Å². The van der Waals surface area contributed by atoms with Crippen LogP contribution in [0.4, 0.5) is 0 Å². The molecule has 1 heterocycles. The highest BCUT2D eigenvalue weighted by molar-refractivity contribution is 5.92. The van der Waals surface area contributed by atoms with Crippen molar-refractivity contribution >= 4 is 12.0 Å². The summed E-state index contributed by atoms with van der Waals surface area (Å²) in [6.07, 6.45) is 6.48. The van der Waals surface area contributed by atoms with Gasteiger partial charge in [0.05, 0.1) is 0 Å². The predicted octanol–water partition coefficient (Wildman–Crippen LogP) is 2.93. The van der Waals surface area contributed by atoms with Crippen LogP contribution < -0.4 is 0 Å². The Labute approximate surface area is 152 Å². The van der Waals surface area contributed by atoms with E-state index in [1.807, 2.05) is 11.0 Å². The fourth-order valence-electron chi connectivity index (χ4n) is 3.46. The Morgan fingerprint density at radius 3 is 2.48 bits per heavy atom. The maximum Gasteiger partial charge on any atom is 0.246 e. The van der Waals surface area contributed by atoms with Gasteiger partial charge in [-0.05, 0) is 75.4 Å². The van der Waals surface area contributed by atoms with Crippen LogP contribution >= 0.6 is 0 Å². The summed E-state index contributed by atoms with van der Waals surface area (Å²) < 4.78 is 0. The zero-order valence-corrected chi connectivity index (χ0v) is 16.1. The molecule has 25 heavy (non-hydrogen) atoms. The van der Waals surface area contributed by atoms with E-state index in [0.29, 0.717) is 6.04 Å². The minimum atomic E-state index is 0.106. The van der Waals surface area contributed by atoms with Crippen LogP contribution in [0.3, 0.4) is 0 Å². The SMILES string of the molecule is Cc1cc(C)c(/C=C/C(=O)N2CCC(N(C)CCCO)CC2)cc1C. The van der Waals surface area contributed by atoms with Crippen molar-refractivity contribution in [3.05, 3.63) is 40.5 Å². The first kappa shape index (κ1) is 19.7. The Bertz CT molecular complexity index is 617. The zero-order chi connectivity index (χ0) is 18.4. The van der Waals surface area contributed by atoms with Crippen LogP contribution in [0.5, 0.6) is 0 Å². The summed E-state index contributed by atoms with van der Waals surface area (Å²) in [4.78, 5) is 16.7. The number of benzene rings is 1. The standard InChI is InChI=1S/C21H32N2O2/c1-16-14-18(3)19(15-17(16)2)6-7-21(25)23-11-8-20(9-12-23)22(4)10-5-13-24/h6-7,14-15,20,24H,5,8-13H2,1-4H3/b7-6+. The molecule has 1 aliphatic heterocycles. The molecule has 0 saturated carbocycles. The number of carbonyl (C=O) groups excluding carboxylic acids is 1. The lowest BCUT2D eigenvalue weighted by molar-refractivity contribution is -0.127. The molecule has 0 aliphatic carbocycles. The van der Waals surface area contributed by atoms with Gasteiger partial charge in [-0.3, -0.25) is 4.79 Å². The van der Waals surface area contributed by atoms with Gasteiger partial charge in [-0.1, -0.05) is 12.1 Å². The number of nitrogens with zero attached hydrogens (tertiary/aromatic N) is 2. The maximum atomic E-state index is 12.5. The van der Waals surface area contributed by atoms with Crippen molar-refractivity contribution in [3.63, 3.8) is 0 Å². The normalized spacial score (nSPS) is 16.2. The average Bonchev–Trinajstić information content (AvgIpc) is 2.61. The molecule has 1 amide bonds. The van der Waals surface area contributed by atoms with Gasteiger partial charge in [0.25, 0.3) is 0 Å². The maximum absolute atomic E-state index is 12.5. The van der Waals surface area contributed by atoms with E-state index in [4.69, 9.17) is 5.11 Å². The smallest absolute Gasteiger partial charge is 0.246 e. The van der Waals surface area contributed by atoms with Gasteiger partial charge >= 0.3 is 0 Å². The summed E-state index contributed by atoms with van der Waals surface area (Å²) in [7, 11) is 2.11. The summed E-state index contributed by atoms with van der Waals surface area (Å²) in [6, 6.07) is 4.84. The highest BCUT2D eigenvalue weighted by Crippen LogP contribution is 2.18. The van der Waals surface area contributed by atoms with Crippen molar-refractivity contribution in [3.8, 4) is 0 Å². The van der Waals surface area contributed by atoms with Crippen LogP contribution in [0, 0.1) is 20.8 Å². The van der Waals surface area contributed by atoms with Gasteiger partial charge in [-0.2, -0.15) is 0 Å². The van der Waals surface area contributed by atoms with E-state index in [9.17, 15) is 4.79 Å². The lowest BCUT2D eigenvalue weighted by Gasteiger charge is -2.36. The molecule has 4 heteroatoms. The summed E-state index contributed by atoms with van der Waals surface area (Å²) >= 11 is 0. The Hall–Kier alpha value is -1.65. The predicted molar refractivity (Wildman–Crippen MR) is 104 cm³/mol. The van der Waals surface area contributed by atoms with Crippen molar-refractivity contribution in [2.75, 3.05) is 33.3 Å². The first-order valence-electron chi connectivity index (χ1n) is 9.28. The van der Waals surface area contributed by atoms with E-state index in [0.717, 1.165) is 44.5 Å². The minimum absolute atomic E-state index is 0.106. The third kappa shape index (κ3) is 5.41. The molecule has 1 aliphatic rings. The summed E-state index contributed by atoms with van der Waals surface area (Å²) in [5.74, 6) is 0.106. The molecule has 1 saturated heterocycles. The molecule has 0 aromatic heterocycles. The van der Waals surface area contributed by atoms with Gasteiger partial charge in [-0.15, -0.1) is 0 Å². The number of amides is 1. The van der Waals surface area contributed by atoms with Gasteiger partial charge < -0.3 is 14.9 Å². The molecule has 138 valence electrons. The number of aliphatic hydroxyl groups excluding tert-OH is 1. The molecule has 1 N–H and O–H groups in total. The van der Waals surface area contributed by atoms with Crippen LogP contribution in [0.2, 0.25) is 0 Å². The minimum Gasteiger partial charge on any atom is -0.396 e. The summed E-state index contributed by atoms with van der Waals surface area (Å²) in [5.41, 5.74) is 4.87. The third-order valence-corrected chi connectivity index (χ3v) is 5.36. The molecule has 4 nitrogen and oxygen atoms in total. The van der Waals surface area contributed by atoms with Gasteiger partial charge in [0.15, 0.2) is 0 Å². The molecule has 0 atom stereocenters. The molecule has 0 unspecified atom stereocenters. The molecule has 0 spiro atoms. The number of aliphatic hydroxyl groups is 1. The summed E-state index contributed by atoms with van der Waals surface area (Å²) in [6.45, 7) is 9.08. The summed E-state index contributed by atoms with van der Waals surface area (Å²) in [5, 5.41) is 8.95. The van der Waals surface area contributed by atoms with Gasteiger partial charge in [0, 0.05) is 38.4 Å². The van der Waals surface area contributed by atoms with E-state index in [1.165, 1.54) is 16.7 Å². The zero-order valence-electron chi connectivity index (χ0n) is 16.1. The molecule has 1 aromatic rings. The highest BCUT2D eigenvalue weighted by atomic mass is 16.3. The van der Waals surface area contributed by atoms with Crippen LogP contribution in [0.1, 0.15) is 41.5 Å². The monoisotopic (exact) mass is 344 g/mol. The number of carbonyl (C=O) groups is 1. The van der Waals surface area contributed by atoms with E-state index in [1.54, 1.807) is 6.08 Å². The fraction of sp³-hybridized carbons (Fsp3) is 0.571. The molecule has 1 fully saturated rings.